The maximum absolute atomic E-state index is 12.9. The molecule has 94 valence electrons. The zero-order valence-electron chi connectivity index (χ0n) is 9.41. The van der Waals surface area contributed by atoms with Gasteiger partial charge in [0.2, 0.25) is 0 Å². The number of halogens is 3. The minimum atomic E-state index is -0.743. The Labute approximate surface area is 112 Å². The van der Waals surface area contributed by atoms with Gasteiger partial charge in [0.1, 0.15) is 11.6 Å². The van der Waals surface area contributed by atoms with Gasteiger partial charge in [-0.25, -0.2) is 8.78 Å². The predicted molar refractivity (Wildman–Crippen MR) is 69.2 cm³/mol. The van der Waals surface area contributed by atoms with Crippen molar-refractivity contribution in [2.24, 2.45) is 0 Å². The Bertz CT molecular complexity index is 540. The summed E-state index contributed by atoms with van der Waals surface area (Å²) in [7, 11) is 0. The highest BCUT2D eigenvalue weighted by Gasteiger charge is 2.11. The first-order valence-electron chi connectivity index (χ1n) is 5.44. The summed E-state index contributed by atoms with van der Waals surface area (Å²) in [5.74, 6) is -0.671. The quantitative estimate of drug-likeness (QED) is 0.908. The van der Waals surface area contributed by atoms with Gasteiger partial charge in [-0.05, 0) is 35.4 Å². The van der Waals surface area contributed by atoms with E-state index in [0.29, 0.717) is 16.5 Å². The molecule has 1 N–H and O–H groups in total. The van der Waals surface area contributed by atoms with Gasteiger partial charge in [-0.3, -0.25) is 0 Å². The van der Waals surface area contributed by atoms with E-state index in [1.54, 1.807) is 6.07 Å². The van der Waals surface area contributed by atoms with Crippen molar-refractivity contribution in [2.75, 3.05) is 0 Å². The van der Waals surface area contributed by atoms with Crippen molar-refractivity contribution < 1.29 is 13.9 Å². The molecule has 2 aromatic carbocycles. The van der Waals surface area contributed by atoms with Crippen LogP contribution in [0.5, 0.6) is 0 Å². The Morgan fingerprint density at radius 1 is 1.00 bits per heavy atom. The standard InChI is InChI=1S/C14H11BrF2O/c15-13-8-12(17)6-3-10(13)7-14(18)9-1-4-11(16)5-2-9/h1-6,8,14,18H,7H2. The fourth-order valence-corrected chi connectivity index (χ4v) is 2.21. The number of rotatable bonds is 3. The van der Waals surface area contributed by atoms with E-state index in [1.165, 1.54) is 36.4 Å². The molecule has 1 atom stereocenters. The van der Waals surface area contributed by atoms with E-state index in [-0.39, 0.29) is 11.6 Å². The monoisotopic (exact) mass is 312 g/mol. The smallest absolute Gasteiger partial charge is 0.124 e. The summed E-state index contributed by atoms with van der Waals surface area (Å²) in [5.41, 5.74) is 1.43. The highest BCUT2D eigenvalue weighted by molar-refractivity contribution is 9.10. The first-order valence-corrected chi connectivity index (χ1v) is 6.23. The molecule has 0 amide bonds. The molecular weight excluding hydrogens is 302 g/mol. The Kier molecular flexibility index (Phi) is 4.09. The number of hydrogen-bond acceptors (Lipinski definition) is 1. The largest absolute Gasteiger partial charge is 0.388 e. The first-order chi connectivity index (χ1) is 8.56. The average Bonchev–Trinajstić information content (AvgIpc) is 2.33. The van der Waals surface area contributed by atoms with Gasteiger partial charge >= 0.3 is 0 Å². The van der Waals surface area contributed by atoms with Gasteiger partial charge in [-0.1, -0.05) is 34.1 Å². The lowest BCUT2D eigenvalue weighted by Crippen LogP contribution is -2.02. The van der Waals surface area contributed by atoms with Crippen LogP contribution in [0.2, 0.25) is 0 Å². The SMILES string of the molecule is OC(Cc1ccc(F)cc1Br)c1ccc(F)cc1. The van der Waals surface area contributed by atoms with Gasteiger partial charge in [0.25, 0.3) is 0 Å². The third-order valence-corrected chi connectivity index (χ3v) is 3.42. The second-order valence-corrected chi connectivity index (χ2v) is 4.86. The molecule has 0 radical (unpaired) electrons. The molecule has 0 bridgehead atoms. The Balaban J connectivity index is 2.15. The summed E-state index contributed by atoms with van der Waals surface area (Å²) in [5, 5.41) is 10.0. The first kappa shape index (κ1) is 13.2. The second-order valence-electron chi connectivity index (χ2n) is 4.01. The third-order valence-electron chi connectivity index (χ3n) is 2.68. The van der Waals surface area contributed by atoms with E-state index < -0.39 is 6.10 Å². The zero-order chi connectivity index (χ0) is 13.1. The summed E-state index contributed by atoms with van der Waals surface area (Å²) in [6.45, 7) is 0. The molecule has 1 nitrogen and oxygen atoms in total. The van der Waals surface area contributed by atoms with Gasteiger partial charge in [-0.2, -0.15) is 0 Å². The highest BCUT2D eigenvalue weighted by atomic mass is 79.9. The van der Waals surface area contributed by atoms with Crippen molar-refractivity contribution in [3.8, 4) is 0 Å². The topological polar surface area (TPSA) is 20.2 Å². The van der Waals surface area contributed by atoms with Gasteiger partial charge in [0.15, 0.2) is 0 Å². The number of aliphatic hydroxyl groups excluding tert-OH is 1. The highest BCUT2D eigenvalue weighted by Crippen LogP contribution is 2.24. The van der Waals surface area contributed by atoms with Crippen LogP contribution in [0.15, 0.2) is 46.9 Å². The molecule has 1 unspecified atom stereocenters. The lowest BCUT2D eigenvalue weighted by molar-refractivity contribution is 0.178. The van der Waals surface area contributed by atoms with Gasteiger partial charge in [-0.15, -0.1) is 0 Å². The van der Waals surface area contributed by atoms with Crippen molar-refractivity contribution in [2.45, 2.75) is 12.5 Å². The van der Waals surface area contributed by atoms with E-state index in [9.17, 15) is 13.9 Å². The molecular formula is C14H11BrF2O. The van der Waals surface area contributed by atoms with Crippen molar-refractivity contribution in [1.82, 2.24) is 0 Å². The predicted octanol–water partition coefficient (Wildman–Crippen LogP) is 4.00. The molecule has 0 aliphatic heterocycles. The molecule has 0 saturated heterocycles. The Morgan fingerprint density at radius 2 is 1.61 bits per heavy atom. The normalized spacial score (nSPS) is 12.4. The molecule has 0 aliphatic rings. The van der Waals surface area contributed by atoms with Crippen LogP contribution in [0.3, 0.4) is 0 Å². The average molecular weight is 313 g/mol. The molecule has 0 saturated carbocycles. The molecule has 0 heterocycles. The fourth-order valence-electron chi connectivity index (χ4n) is 1.70. The lowest BCUT2D eigenvalue weighted by atomic mass is 10.0. The summed E-state index contributed by atoms with van der Waals surface area (Å²) >= 11 is 3.25. The Hall–Kier alpha value is -1.26. The Morgan fingerprint density at radius 3 is 2.22 bits per heavy atom. The van der Waals surface area contributed by atoms with Crippen LogP contribution >= 0.6 is 15.9 Å². The van der Waals surface area contributed by atoms with Gasteiger partial charge < -0.3 is 5.11 Å². The van der Waals surface area contributed by atoms with E-state index >= 15 is 0 Å². The fraction of sp³-hybridized carbons (Fsp3) is 0.143. The van der Waals surface area contributed by atoms with Gasteiger partial charge in [0, 0.05) is 10.9 Å². The molecule has 0 spiro atoms. The van der Waals surface area contributed by atoms with Crippen molar-refractivity contribution in [3.05, 3.63) is 69.7 Å². The van der Waals surface area contributed by atoms with Crippen LogP contribution in [-0.4, -0.2) is 5.11 Å². The summed E-state index contributed by atoms with van der Waals surface area (Å²) in [6, 6.07) is 10.0. The van der Waals surface area contributed by atoms with E-state index in [0.717, 1.165) is 5.56 Å². The zero-order valence-corrected chi connectivity index (χ0v) is 11.0. The van der Waals surface area contributed by atoms with Crippen molar-refractivity contribution in [3.63, 3.8) is 0 Å². The minimum absolute atomic E-state index is 0.332. The van der Waals surface area contributed by atoms with Crippen LogP contribution in [0.1, 0.15) is 17.2 Å². The minimum Gasteiger partial charge on any atom is -0.388 e. The van der Waals surface area contributed by atoms with Crippen LogP contribution < -0.4 is 0 Å². The summed E-state index contributed by atoms with van der Waals surface area (Å²) in [4.78, 5) is 0. The van der Waals surface area contributed by atoms with Crippen molar-refractivity contribution in [1.29, 1.82) is 0 Å². The van der Waals surface area contributed by atoms with Gasteiger partial charge in [0.05, 0.1) is 6.10 Å². The van der Waals surface area contributed by atoms with E-state index in [1.807, 2.05) is 0 Å². The molecule has 2 rings (SSSR count). The maximum atomic E-state index is 12.9. The molecule has 0 fully saturated rings. The molecule has 0 aliphatic carbocycles. The molecule has 18 heavy (non-hydrogen) atoms. The van der Waals surface area contributed by atoms with E-state index in [4.69, 9.17) is 0 Å². The van der Waals surface area contributed by atoms with Crippen LogP contribution in [0.25, 0.3) is 0 Å². The van der Waals surface area contributed by atoms with Crippen LogP contribution in [-0.2, 0) is 6.42 Å². The van der Waals surface area contributed by atoms with Crippen molar-refractivity contribution >= 4 is 15.9 Å². The number of hydrogen-bond donors (Lipinski definition) is 1. The van der Waals surface area contributed by atoms with Crippen LogP contribution in [0, 0.1) is 11.6 Å². The molecule has 4 heteroatoms. The molecule has 2 aromatic rings. The van der Waals surface area contributed by atoms with Crippen LogP contribution in [0.4, 0.5) is 8.78 Å². The molecule has 0 aromatic heterocycles. The third kappa shape index (κ3) is 3.15. The lowest BCUT2D eigenvalue weighted by Gasteiger charge is -2.12. The van der Waals surface area contributed by atoms with E-state index in [2.05, 4.69) is 15.9 Å². The number of aliphatic hydroxyl groups is 1. The maximum Gasteiger partial charge on any atom is 0.124 e. The summed E-state index contributed by atoms with van der Waals surface area (Å²) < 4.78 is 26.3. The summed E-state index contributed by atoms with van der Waals surface area (Å²) in [6.07, 6.45) is -0.403. The number of benzene rings is 2. The second kappa shape index (κ2) is 5.59.